The summed E-state index contributed by atoms with van der Waals surface area (Å²) in [5, 5.41) is 0. The molecular formula is C15H13FN2O. The molecule has 4 heteroatoms. The number of halogens is 1. The van der Waals surface area contributed by atoms with E-state index in [1.165, 1.54) is 12.1 Å². The zero-order chi connectivity index (χ0) is 13.4. The third kappa shape index (κ3) is 2.17. The van der Waals surface area contributed by atoms with Crippen molar-refractivity contribution in [3.63, 3.8) is 0 Å². The van der Waals surface area contributed by atoms with Crippen molar-refractivity contribution in [1.82, 2.24) is 9.97 Å². The van der Waals surface area contributed by atoms with E-state index in [9.17, 15) is 4.39 Å². The van der Waals surface area contributed by atoms with Crippen LogP contribution in [0.2, 0.25) is 0 Å². The van der Waals surface area contributed by atoms with Gasteiger partial charge in [0.2, 0.25) is 0 Å². The van der Waals surface area contributed by atoms with Crippen LogP contribution < -0.4 is 4.74 Å². The zero-order valence-electron chi connectivity index (χ0n) is 10.7. The highest BCUT2D eigenvalue weighted by molar-refractivity contribution is 5.80. The van der Waals surface area contributed by atoms with Crippen LogP contribution in [0.4, 0.5) is 4.39 Å². The molecule has 0 amide bonds. The summed E-state index contributed by atoms with van der Waals surface area (Å²) in [4.78, 5) is 7.65. The molecule has 0 spiro atoms. The molecule has 1 heterocycles. The van der Waals surface area contributed by atoms with Gasteiger partial charge in [0.1, 0.15) is 17.4 Å². The van der Waals surface area contributed by atoms with Gasteiger partial charge < -0.3 is 9.72 Å². The Hall–Kier alpha value is -2.36. The van der Waals surface area contributed by atoms with E-state index in [4.69, 9.17) is 4.74 Å². The van der Waals surface area contributed by atoms with Crippen molar-refractivity contribution in [2.24, 2.45) is 0 Å². The summed E-state index contributed by atoms with van der Waals surface area (Å²) in [5.41, 5.74) is 3.31. The number of methoxy groups -OCH3 is 1. The van der Waals surface area contributed by atoms with Crippen LogP contribution in [0, 0.1) is 12.7 Å². The van der Waals surface area contributed by atoms with E-state index in [1.807, 2.05) is 31.2 Å². The minimum Gasteiger partial charge on any atom is -0.497 e. The van der Waals surface area contributed by atoms with Crippen molar-refractivity contribution in [1.29, 1.82) is 0 Å². The fourth-order valence-corrected chi connectivity index (χ4v) is 2.13. The van der Waals surface area contributed by atoms with Gasteiger partial charge in [-0.3, -0.25) is 0 Å². The SMILES string of the molecule is COc1ccc2nc(-c3cc(C)cc(F)c3)[nH]c2c1. The predicted molar refractivity (Wildman–Crippen MR) is 72.8 cm³/mol. The number of hydrogen-bond donors (Lipinski definition) is 1. The lowest BCUT2D eigenvalue weighted by atomic mass is 10.1. The smallest absolute Gasteiger partial charge is 0.138 e. The van der Waals surface area contributed by atoms with Crippen LogP contribution in [-0.2, 0) is 0 Å². The van der Waals surface area contributed by atoms with Crippen molar-refractivity contribution in [2.45, 2.75) is 6.92 Å². The van der Waals surface area contributed by atoms with Crippen LogP contribution >= 0.6 is 0 Å². The lowest BCUT2D eigenvalue weighted by Crippen LogP contribution is -1.84. The summed E-state index contributed by atoms with van der Waals surface area (Å²) >= 11 is 0. The molecule has 0 unspecified atom stereocenters. The molecule has 96 valence electrons. The highest BCUT2D eigenvalue weighted by Crippen LogP contribution is 2.24. The van der Waals surface area contributed by atoms with Crippen LogP contribution in [0.5, 0.6) is 5.75 Å². The topological polar surface area (TPSA) is 37.9 Å². The van der Waals surface area contributed by atoms with Crippen LogP contribution in [0.3, 0.4) is 0 Å². The number of ether oxygens (including phenoxy) is 1. The lowest BCUT2D eigenvalue weighted by molar-refractivity contribution is 0.415. The average Bonchev–Trinajstić information content (AvgIpc) is 2.80. The number of H-pyrrole nitrogens is 1. The number of aromatic nitrogens is 2. The third-order valence-electron chi connectivity index (χ3n) is 3.00. The normalized spacial score (nSPS) is 10.9. The number of nitrogens with one attached hydrogen (secondary N) is 1. The molecule has 0 bridgehead atoms. The number of hydrogen-bond acceptors (Lipinski definition) is 2. The van der Waals surface area contributed by atoms with Gasteiger partial charge in [0.15, 0.2) is 0 Å². The first-order valence-electron chi connectivity index (χ1n) is 5.97. The Kier molecular flexibility index (Phi) is 2.71. The Morgan fingerprint density at radius 3 is 2.74 bits per heavy atom. The van der Waals surface area contributed by atoms with E-state index in [0.29, 0.717) is 5.82 Å². The number of imidazole rings is 1. The van der Waals surface area contributed by atoms with Crippen LogP contribution in [-0.4, -0.2) is 17.1 Å². The number of nitrogens with zero attached hydrogens (tertiary/aromatic N) is 1. The second-order valence-electron chi connectivity index (χ2n) is 4.49. The Morgan fingerprint density at radius 2 is 2.00 bits per heavy atom. The summed E-state index contributed by atoms with van der Waals surface area (Å²) < 4.78 is 18.6. The summed E-state index contributed by atoms with van der Waals surface area (Å²) in [5.74, 6) is 1.16. The predicted octanol–water partition coefficient (Wildman–Crippen LogP) is 3.69. The van der Waals surface area contributed by atoms with Gasteiger partial charge in [-0.15, -0.1) is 0 Å². The lowest BCUT2D eigenvalue weighted by Gasteiger charge is -1.99. The van der Waals surface area contributed by atoms with Crippen LogP contribution in [0.25, 0.3) is 22.4 Å². The van der Waals surface area contributed by atoms with Gasteiger partial charge in [-0.2, -0.15) is 0 Å². The average molecular weight is 256 g/mol. The quantitative estimate of drug-likeness (QED) is 0.759. The molecule has 19 heavy (non-hydrogen) atoms. The molecule has 0 aliphatic rings. The molecule has 0 fully saturated rings. The molecule has 3 aromatic rings. The van der Waals surface area contributed by atoms with Gasteiger partial charge >= 0.3 is 0 Å². The van der Waals surface area contributed by atoms with E-state index in [0.717, 1.165) is 27.9 Å². The van der Waals surface area contributed by atoms with Crippen molar-refractivity contribution < 1.29 is 9.13 Å². The largest absolute Gasteiger partial charge is 0.497 e. The van der Waals surface area contributed by atoms with E-state index in [1.54, 1.807) is 7.11 Å². The standard InChI is InChI=1S/C15H13FN2O/c1-9-5-10(7-11(16)6-9)15-17-13-4-3-12(19-2)8-14(13)18-15/h3-8H,1-2H3,(H,17,18). The summed E-state index contributed by atoms with van der Waals surface area (Å²) in [6.07, 6.45) is 0. The maximum absolute atomic E-state index is 13.4. The molecule has 0 aliphatic carbocycles. The highest BCUT2D eigenvalue weighted by Gasteiger charge is 2.07. The molecule has 1 N–H and O–H groups in total. The Morgan fingerprint density at radius 1 is 1.16 bits per heavy atom. The number of rotatable bonds is 2. The minimum atomic E-state index is -0.256. The van der Waals surface area contributed by atoms with Gasteiger partial charge in [0.25, 0.3) is 0 Å². The second-order valence-corrected chi connectivity index (χ2v) is 4.49. The molecule has 3 nitrogen and oxygen atoms in total. The Bertz CT molecular complexity index is 729. The van der Waals surface area contributed by atoms with Gasteiger partial charge in [-0.05, 0) is 42.8 Å². The third-order valence-corrected chi connectivity index (χ3v) is 3.00. The fourth-order valence-electron chi connectivity index (χ4n) is 2.13. The van der Waals surface area contributed by atoms with E-state index >= 15 is 0 Å². The molecule has 2 aromatic carbocycles. The van der Waals surface area contributed by atoms with Gasteiger partial charge in [0, 0.05) is 11.6 Å². The number of aromatic amines is 1. The monoisotopic (exact) mass is 256 g/mol. The van der Waals surface area contributed by atoms with E-state index in [2.05, 4.69) is 9.97 Å². The summed E-state index contributed by atoms with van der Waals surface area (Å²) in [6.45, 7) is 1.86. The van der Waals surface area contributed by atoms with E-state index in [-0.39, 0.29) is 5.82 Å². The Balaban J connectivity index is 2.14. The molecular weight excluding hydrogens is 243 g/mol. The number of benzene rings is 2. The minimum absolute atomic E-state index is 0.256. The summed E-state index contributed by atoms with van der Waals surface area (Å²) in [6, 6.07) is 10.5. The van der Waals surface area contributed by atoms with Crippen molar-refractivity contribution in [2.75, 3.05) is 7.11 Å². The van der Waals surface area contributed by atoms with Gasteiger partial charge in [-0.25, -0.2) is 9.37 Å². The maximum Gasteiger partial charge on any atom is 0.138 e. The molecule has 3 rings (SSSR count). The maximum atomic E-state index is 13.4. The first-order valence-corrected chi connectivity index (χ1v) is 5.97. The van der Waals surface area contributed by atoms with Crippen LogP contribution in [0.1, 0.15) is 5.56 Å². The van der Waals surface area contributed by atoms with Gasteiger partial charge in [0.05, 0.1) is 18.1 Å². The van der Waals surface area contributed by atoms with Crippen molar-refractivity contribution in [3.8, 4) is 17.1 Å². The van der Waals surface area contributed by atoms with Crippen molar-refractivity contribution >= 4 is 11.0 Å². The Labute approximate surface area is 110 Å². The molecule has 1 aromatic heterocycles. The van der Waals surface area contributed by atoms with Crippen LogP contribution in [0.15, 0.2) is 36.4 Å². The highest BCUT2D eigenvalue weighted by atomic mass is 19.1. The first-order chi connectivity index (χ1) is 9.15. The number of aryl methyl sites for hydroxylation is 1. The molecule has 0 radical (unpaired) electrons. The first kappa shape index (κ1) is 11.7. The molecule has 0 aliphatic heterocycles. The molecule has 0 atom stereocenters. The summed E-state index contributed by atoms with van der Waals surface area (Å²) in [7, 11) is 1.62. The second kappa shape index (κ2) is 4.39. The van der Waals surface area contributed by atoms with Crippen molar-refractivity contribution in [3.05, 3.63) is 47.8 Å². The van der Waals surface area contributed by atoms with Gasteiger partial charge in [-0.1, -0.05) is 0 Å². The molecule has 0 saturated carbocycles. The zero-order valence-corrected chi connectivity index (χ0v) is 10.7. The fraction of sp³-hybridized carbons (Fsp3) is 0.133. The number of fused-ring (bicyclic) bond motifs is 1. The molecule has 0 saturated heterocycles. The van der Waals surface area contributed by atoms with E-state index < -0.39 is 0 Å².